The van der Waals surface area contributed by atoms with Crippen molar-refractivity contribution in [3.05, 3.63) is 224 Å². The summed E-state index contributed by atoms with van der Waals surface area (Å²) in [7, 11) is 0. The Morgan fingerprint density at radius 2 is 0.698 bits per heavy atom. The van der Waals surface area contributed by atoms with Crippen LogP contribution in [0.4, 0.5) is 17.1 Å². The summed E-state index contributed by atoms with van der Waals surface area (Å²) in [6.07, 6.45) is 0. The van der Waals surface area contributed by atoms with Crippen LogP contribution in [-0.4, -0.2) is 0 Å². The summed E-state index contributed by atoms with van der Waals surface area (Å²) in [4.78, 5) is 1.86. The van der Waals surface area contributed by atoms with Crippen LogP contribution in [0.1, 0.15) is 5.48 Å². The van der Waals surface area contributed by atoms with Crippen molar-refractivity contribution in [1.82, 2.24) is 0 Å². The third-order valence-electron chi connectivity index (χ3n) is 9.69. The molecule has 0 N–H and O–H groups in total. The summed E-state index contributed by atoms with van der Waals surface area (Å²) in [5, 5.41) is 2.29. The molecule has 0 atom stereocenters. The van der Waals surface area contributed by atoms with Gasteiger partial charge in [-0.2, -0.15) is 0 Å². The second-order valence-electron chi connectivity index (χ2n) is 13.1. The maximum Gasteiger partial charge on any atom is 0.0645 e. The van der Waals surface area contributed by atoms with Crippen LogP contribution in [0.2, 0.25) is 0 Å². The molecular formula is C52H37N. The molecule has 0 fully saturated rings. The van der Waals surface area contributed by atoms with E-state index >= 15 is 0 Å². The molecule has 250 valence electrons. The minimum absolute atomic E-state index is 0.0873. The van der Waals surface area contributed by atoms with Gasteiger partial charge < -0.3 is 4.90 Å². The normalized spacial score (nSPS) is 12.1. The van der Waals surface area contributed by atoms with Gasteiger partial charge in [0, 0.05) is 17.1 Å². The summed E-state index contributed by atoms with van der Waals surface area (Å²) >= 11 is 0. The highest BCUT2D eigenvalue weighted by Crippen LogP contribution is 2.40. The van der Waals surface area contributed by atoms with Gasteiger partial charge in [-0.25, -0.2) is 0 Å². The van der Waals surface area contributed by atoms with Crippen LogP contribution in [0.5, 0.6) is 0 Å². The van der Waals surface area contributed by atoms with Crippen LogP contribution in [0, 0.1) is 0 Å². The monoisotopic (exact) mass is 679 g/mol. The van der Waals surface area contributed by atoms with Crippen molar-refractivity contribution in [1.29, 1.82) is 0 Å². The van der Waals surface area contributed by atoms with Crippen molar-refractivity contribution in [3.8, 4) is 55.6 Å². The SMILES string of the molecule is [2H]c1c([2H])c(N(c2ccc(-c3cc(-c4ccccc4)cc(-c4ccccc4)c3)cc2)c2cccc(-c3ccc4ccccc4c3)c2)c([2H])c([2H])c1-c1ccccc1. The number of rotatable bonds is 8. The zero-order valence-corrected chi connectivity index (χ0v) is 29.0. The van der Waals surface area contributed by atoms with Crippen LogP contribution < -0.4 is 4.90 Å². The second-order valence-corrected chi connectivity index (χ2v) is 13.1. The maximum atomic E-state index is 9.42. The molecule has 9 aromatic carbocycles. The van der Waals surface area contributed by atoms with Gasteiger partial charge in [-0.15, -0.1) is 0 Å². The molecule has 0 amide bonds. The highest BCUT2D eigenvalue weighted by atomic mass is 15.1. The molecule has 0 bridgehead atoms. The van der Waals surface area contributed by atoms with Gasteiger partial charge in [0.15, 0.2) is 0 Å². The Hall–Kier alpha value is -6.96. The van der Waals surface area contributed by atoms with Crippen molar-refractivity contribution in [2.24, 2.45) is 0 Å². The van der Waals surface area contributed by atoms with E-state index < -0.39 is 0 Å². The van der Waals surface area contributed by atoms with E-state index in [0.717, 1.165) is 61.0 Å². The smallest absolute Gasteiger partial charge is 0.0645 e. The lowest BCUT2D eigenvalue weighted by molar-refractivity contribution is 1.28. The molecule has 1 heteroatoms. The second kappa shape index (κ2) is 14.3. The lowest BCUT2D eigenvalue weighted by atomic mass is 9.93. The van der Waals surface area contributed by atoms with Crippen molar-refractivity contribution in [2.75, 3.05) is 4.90 Å². The van der Waals surface area contributed by atoms with Crippen molar-refractivity contribution >= 4 is 27.8 Å². The number of hydrogen-bond acceptors (Lipinski definition) is 1. The first-order chi connectivity index (χ1) is 27.9. The van der Waals surface area contributed by atoms with Crippen molar-refractivity contribution in [2.45, 2.75) is 0 Å². The summed E-state index contributed by atoms with van der Waals surface area (Å²) in [5.74, 6) is 0. The van der Waals surface area contributed by atoms with Gasteiger partial charge >= 0.3 is 0 Å². The van der Waals surface area contributed by atoms with Crippen molar-refractivity contribution in [3.63, 3.8) is 0 Å². The molecule has 0 aliphatic heterocycles. The predicted molar refractivity (Wildman–Crippen MR) is 226 cm³/mol. The van der Waals surface area contributed by atoms with E-state index in [0.29, 0.717) is 11.3 Å². The van der Waals surface area contributed by atoms with E-state index in [4.69, 9.17) is 0 Å². The van der Waals surface area contributed by atoms with E-state index in [9.17, 15) is 5.48 Å². The molecule has 0 aliphatic carbocycles. The van der Waals surface area contributed by atoms with Gasteiger partial charge in [0.1, 0.15) is 0 Å². The molecule has 0 spiro atoms. The Kier molecular flexibility index (Phi) is 7.50. The lowest BCUT2D eigenvalue weighted by Crippen LogP contribution is -2.10. The molecule has 0 saturated heterocycles. The zero-order chi connectivity index (χ0) is 38.9. The minimum Gasteiger partial charge on any atom is -0.310 e. The summed E-state index contributed by atoms with van der Waals surface area (Å²) in [6.45, 7) is 0. The molecule has 53 heavy (non-hydrogen) atoms. The van der Waals surface area contributed by atoms with E-state index in [2.05, 4.69) is 121 Å². The largest absolute Gasteiger partial charge is 0.310 e. The molecule has 9 aromatic rings. The first-order valence-corrected chi connectivity index (χ1v) is 17.8. The first kappa shape index (κ1) is 27.7. The first-order valence-electron chi connectivity index (χ1n) is 19.8. The van der Waals surface area contributed by atoms with Crippen LogP contribution >= 0.6 is 0 Å². The maximum absolute atomic E-state index is 9.42. The third-order valence-corrected chi connectivity index (χ3v) is 9.69. The number of nitrogens with zero attached hydrogens (tertiary/aromatic N) is 1. The van der Waals surface area contributed by atoms with Gasteiger partial charge in [-0.05, 0) is 127 Å². The molecule has 0 aromatic heterocycles. The standard InChI is InChI=1S/C52H37N/c1-4-13-38(14-5-1)42-25-29-50(30-26-42)53(52-22-12-21-45(37-52)46-24-23-41-19-10-11-20-44(41)33-46)51-31-27-43(28-32-51)49-35-47(39-15-6-2-7-16-39)34-48(36-49)40-17-8-3-9-18-40/h1-37H/i25D,26D,29D,30D. The Balaban J connectivity index is 1.20. The summed E-state index contributed by atoms with van der Waals surface area (Å²) < 4.78 is 37.2. The van der Waals surface area contributed by atoms with Gasteiger partial charge in [-0.1, -0.05) is 164 Å². The quantitative estimate of drug-likeness (QED) is 0.154. The van der Waals surface area contributed by atoms with E-state index in [1.54, 1.807) is 0 Å². The fraction of sp³-hybridized carbons (Fsp3) is 0. The number of anilines is 3. The van der Waals surface area contributed by atoms with Crippen LogP contribution in [0.15, 0.2) is 224 Å². The average molecular weight is 680 g/mol. The van der Waals surface area contributed by atoms with E-state index in [-0.39, 0.29) is 35.4 Å². The third kappa shape index (κ3) is 6.77. The fourth-order valence-corrected chi connectivity index (χ4v) is 6.96. The molecule has 0 heterocycles. The molecule has 0 radical (unpaired) electrons. The van der Waals surface area contributed by atoms with E-state index in [1.165, 1.54) is 0 Å². The van der Waals surface area contributed by atoms with E-state index in [1.807, 2.05) is 83.8 Å². The lowest BCUT2D eigenvalue weighted by Gasteiger charge is -2.26. The summed E-state index contributed by atoms with van der Waals surface area (Å²) in [5.41, 5.74) is 11.1. The number of hydrogen-bond donors (Lipinski definition) is 0. The Morgan fingerprint density at radius 1 is 0.245 bits per heavy atom. The van der Waals surface area contributed by atoms with Gasteiger partial charge in [-0.3, -0.25) is 0 Å². The fourth-order valence-electron chi connectivity index (χ4n) is 6.96. The molecule has 9 rings (SSSR count). The Morgan fingerprint density at radius 3 is 1.28 bits per heavy atom. The Labute approximate surface area is 317 Å². The molecule has 1 nitrogen and oxygen atoms in total. The molecule has 0 saturated carbocycles. The number of benzene rings is 9. The topological polar surface area (TPSA) is 3.24 Å². The highest BCUT2D eigenvalue weighted by molar-refractivity contribution is 5.89. The van der Waals surface area contributed by atoms with Gasteiger partial charge in [0.2, 0.25) is 0 Å². The average Bonchev–Trinajstić information content (AvgIpc) is 3.28. The molecule has 0 aliphatic rings. The van der Waals surface area contributed by atoms with Crippen molar-refractivity contribution < 1.29 is 5.48 Å². The van der Waals surface area contributed by atoms with Gasteiger partial charge in [0.05, 0.1) is 5.48 Å². The van der Waals surface area contributed by atoms with Crippen LogP contribution in [-0.2, 0) is 0 Å². The minimum atomic E-state index is -0.113. The van der Waals surface area contributed by atoms with Crippen LogP contribution in [0.25, 0.3) is 66.4 Å². The molecular weight excluding hydrogens is 639 g/mol. The molecule has 0 unspecified atom stereocenters. The summed E-state index contributed by atoms with van der Waals surface area (Å²) in [6, 6.07) is 67.2. The van der Waals surface area contributed by atoms with Crippen LogP contribution in [0.3, 0.4) is 0 Å². The zero-order valence-electron chi connectivity index (χ0n) is 33.0. The Bertz CT molecular complexity index is 2790. The highest BCUT2D eigenvalue weighted by Gasteiger charge is 2.15. The predicted octanol–water partition coefficient (Wildman–Crippen LogP) is 14.6. The van der Waals surface area contributed by atoms with Gasteiger partial charge in [0.25, 0.3) is 0 Å². The number of fused-ring (bicyclic) bond motifs is 1.